The van der Waals surface area contributed by atoms with Crippen molar-refractivity contribution in [2.45, 2.75) is 18.4 Å². The summed E-state index contributed by atoms with van der Waals surface area (Å²) in [7, 11) is -2.71. The molecule has 0 saturated heterocycles. The first-order valence-electron chi connectivity index (χ1n) is 10.1. The van der Waals surface area contributed by atoms with Crippen LogP contribution in [0.3, 0.4) is 0 Å². The number of benzene rings is 3. The minimum atomic E-state index is -4.10. The van der Waals surface area contributed by atoms with E-state index in [-0.39, 0.29) is 17.2 Å². The molecule has 0 atom stereocenters. The molecule has 3 aromatic rings. The first-order valence-corrected chi connectivity index (χ1v) is 11.5. The Labute approximate surface area is 192 Å². The SMILES string of the molecule is COc1ccc(C)cc1S(=O)(=O)N(CC(=O)NN=Cc1cccc(F)c1)Cc1ccccc1. The van der Waals surface area contributed by atoms with Crippen LogP contribution in [0.2, 0.25) is 0 Å². The molecule has 0 bridgehead atoms. The first-order chi connectivity index (χ1) is 15.8. The molecule has 0 aromatic heterocycles. The topological polar surface area (TPSA) is 88.1 Å². The van der Waals surface area contributed by atoms with Gasteiger partial charge in [-0.2, -0.15) is 9.41 Å². The van der Waals surface area contributed by atoms with Gasteiger partial charge in [0.05, 0.1) is 19.9 Å². The van der Waals surface area contributed by atoms with Crippen molar-refractivity contribution in [2.75, 3.05) is 13.7 Å². The third-order valence-electron chi connectivity index (χ3n) is 4.71. The fourth-order valence-corrected chi connectivity index (χ4v) is 4.72. The molecule has 1 N–H and O–H groups in total. The molecule has 33 heavy (non-hydrogen) atoms. The summed E-state index contributed by atoms with van der Waals surface area (Å²) in [5.41, 5.74) is 4.20. The van der Waals surface area contributed by atoms with Gasteiger partial charge in [0.25, 0.3) is 5.91 Å². The lowest BCUT2D eigenvalue weighted by Gasteiger charge is -2.23. The summed E-state index contributed by atoms with van der Waals surface area (Å²) in [5.74, 6) is -0.894. The normalized spacial score (nSPS) is 11.6. The highest BCUT2D eigenvalue weighted by atomic mass is 32.2. The van der Waals surface area contributed by atoms with Crippen LogP contribution < -0.4 is 10.2 Å². The van der Waals surface area contributed by atoms with E-state index in [2.05, 4.69) is 10.5 Å². The second-order valence-corrected chi connectivity index (χ2v) is 9.17. The quantitative estimate of drug-likeness (QED) is 0.384. The highest BCUT2D eigenvalue weighted by Gasteiger charge is 2.30. The van der Waals surface area contributed by atoms with Gasteiger partial charge < -0.3 is 4.74 Å². The molecule has 9 heteroatoms. The van der Waals surface area contributed by atoms with Crippen LogP contribution in [0, 0.1) is 12.7 Å². The minimum Gasteiger partial charge on any atom is -0.495 e. The van der Waals surface area contributed by atoms with E-state index >= 15 is 0 Å². The average Bonchev–Trinajstić information content (AvgIpc) is 2.79. The molecule has 0 aliphatic heterocycles. The number of nitrogens with one attached hydrogen (secondary N) is 1. The van der Waals surface area contributed by atoms with Crippen LogP contribution in [0.5, 0.6) is 5.75 Å². The van der Waals surface area contributed by atoms with E-state index in [1.165, 1.54) is 37.6 Å². The number of methoxy groups -OCH3 is 1. The van der Waals surface area contributed by atoms with Crippen molar-refractivity contribution in [1.29, 1.82) is 0 Å². The molecule has 0 aliphatic rings. The third kappa shape index (κ3) is 6.47. The van der Waals surface area contributed by atoms with Crippen molar-refractivity contribution in [3.05, 3.63) is 95.3 Å². The number of ether oxygens (including phenoxy) is 1. The van der Waals surface area contributed by atoms with Gasteiger partial charge in [-0.25, -0.2) is 18.2 Å². The molecule has 1 amide bonds. The number of halogens is 1. The highest BCUT2D eigenvalue weighted by molar-refractivity contribution is 7.89. The smallest absolute Gasteiger partial charge is 0.255 e. The summed E-state index contributed by atoms with van der Waals surface area (Å²) in [6.07, 6.45) is 1.28. The van der Waals surface area contributed by atoms with Gasteiger partial charge in [0.1, 0.15) is 16.5 Å². The Morgan fingerprint density at radius 1 is 1.09 bits per heavy atom. The zero-order chi connectivity index (χ0) is 23.8. The van der Waals surface area contributed by atoms with Gasteiger partial charge in [-0.1, -0.05) is 48.5 Å². The summed E-state index contributed by atoms with van der Waals surface area (Å²) in [6, 6.07) is 19.5. The van der Waals surface area contributed by atoms with E-state index in [0.29, 0.717) is 11.1 Å². The van der Waals surface area contributed by atoms with Crippen molar-refractivity contribution < 1.29 is 22.3 Å². The molecule has 0 spiro atoms. The summed E-state index contributed by atoms with van der Waals surface area (Å²) < 4.78 is 46.6. The Kier molecular flexibility index (Phi) is 7.92. The summed E-state index contributed by atoms with van der Waals surface area (Å²) in [4.78, 5) is 12.5. The summed E-state index contributed by atoms with van der Waals surface area (Å²) >= 11 is 0. The average molecular weight is 470 g/mol. The third-order valence-corrected chi connectivity index (χ3v) is 6.52. The van der Waals surface area contributed by atoms with Gasteiger partial charge in [-0.15, -0.1) is 0 Å². The van der Waals surface area contributed by atoms with Gasteiger partial charge in [0.15, 0.2) is 0 Å². The number of hydrazone groups is 1. The zero-order valence-corrected chi connectivity index (χ0v) is 19.0. The largest absolute Gasteiger partial charge is 0.495 e. The van der Waals surface area contributed by atoms with Crippen LogP contribution in [0.1, 0.15) is 16.7 Å². The zero-order valence-electron chi connectivity index (χ0n) is 18.2. The van der Waals surface area contributed by atoms with E-state index in [0.717, 1.165) is 9.87 Å². The lowest BCUT2D eigenvalue weighted by Crippen LogP contribution is -2.39. The Bertz CT molecular complexity index is 1250. The van der Waals surface area contributed by atoms with Crippen LogP contribution in [-0.2, 0) is 21.4 Å². The van der Waals surface area contributed by atoms with Crippen molar-refractivity contribution >= 4 is 22.1 Å². The van der Waals surface area contributed by atoms with Gasteiger partial charge in [0, 0.05) is 6.54 Å². The van der Waals surface area contributed by atoms with E-state index in [4.69, 9.17) is 4.74 Å². The number of hydrogen-bond donors (Lipinski definition) is 1. The second-order valence-electron chi connectivity index (χ2n) is 7.26. The molecule has 0 radical (unpaired) electrons. The van der Waals surface area contributed by atoms with Crippen LogP contribution in [0.15, 0.2) is 82.8 Å². The number of nitrogens with zero attached hydrogens (tertiary/aromatic N) is 2. The fourth-order valence-electron chi connectivity index (χ4n) is 3.10. The molecule has 0 aliphatic carbocycles. The van der Waals surface area contributed by atoms with Crippen LogP contribution >= 0.6 is 0 Å². The monoisotopic (exact) mass is 469 g/mol. The van der Waals surface area contributed by atoms with Gasteiger partial charge in [-0.3, -0.25) is 4.79 Å². The molecule has 0 saturated carbocycles. The fraction of sp³-hybridized carbons (Fsp3) is 0.167. The Hall–Kier alpha value is -3.56. The molecule has 3 aromatic carbocycles. The van der Waals surface area contributed by atoms with Gasteiger partial charge in [-0.05, 0) is 47.9 Å². The number of hydrogen-bond acceptors (Lipinski definition) is 5. The highest BCUT2D eigenvalue weighted by Crippen LogP contribution is 2.28. The number of sulfonamides is 1. The van der Waals surface area contributed by atoms with Crippen LogP contribution in [0.25, 0.3) is 0 Å². The van der Waals surface area contributed by atoms with Crippen LogP contribution in [-0.4, -0.2) is 38.5 Å². The minimum absolute atomic E-state index is 0.0265. The van der Waals surface area contributed by atoms with Crippen molar-refractivity contribution in [1.82, 2.24) is 9.73 Å². The van der Waals surface area contributed by atoms with Gasteiger partial charge in [0.2, 0.25) is 10.0 Å². The number of amides is 1. The maximum atomic E-state index is 13.5. The Morgan fingerprint density at radius 2 is 1.85 bits per heavy atom. The Morgan fingerprint density at radius 3 is 2.55 bits per heavy atom. The molecule has 0 unspecified atom stereocenters. The van der Waals surface area contributed by atoms with Crippen molar-refractivity contribution in [3.8, 4) is 5.75 Å². The van der Waals surface area contributed by atoms with E-state index < -0.39 is 28.3 Å². The maximum Gasteiger partial charge on any atom is 0.255 e. The molecule has 7 nitrogen and oxygen atoms in total. The second kappa shape index (κ2) is 10.8. The molecular formula is C24H24FN3O4S. The molecule has 0 heterocycles. The molecule has 3 rings (SSSR count). The molecule has 0 fully saturated rings. The molecule has 172 valence electrons. The number of carbonyl (C=O) groups excluding carboxylic acids is 1. The van der Waals surface area contributed by atoms with Crippen molar-refractivity contribution in [2.24, 2.45) is 5.10 Å². The van der Waals surface area contributed by atoms with E-state index in [1.807, 2.05) is 6.07 Å². The predicted octanol–water partition coefficient (Wildman–Crippen LogP) is 3.48. The lowest BCUT2D eigenvalue weighted by atomic mass is 10.2. The maximum absolute atomic E-state index is 13.5. The molecular weight excluding hydrogens is 445 g/mol. The first kappa shape index (κ1) is 24.1. The van der Waals surface area contributed by atoms with Crippen LogP contribution in [0.4, 0.5) is 4.39 Å². The summed E-state index contributed by atoms with van der Waals surface area (Å²) in [5, 5.41) is 3.81. The number of rotatable bonds is 9. The number of carbonyl (C=O) groups is 1. The van der Waals surface area contributed by atoms with E-state index in [9.17, 15) is 17.6 Å². The van der Waals surface area contributed by atoms with Gasteiger partial charge >= 0.3 is 0 Å². The Balaban J connectivity index is 1.85. The number of aryl methyl sites for hydroxylation is 1. The van der Waals surface area contributed by atoms with Crippen molar-refractivity contribution in [3.63, 3.8) is 0 Å². The van der Waals surface area contributed by atoms with E-state index in [1.54, 1.807) is 49.4 Å². The predicted molar refractivity (Wildman–Crippen MR) is 124 cm³/mol. The standard InChI is InChI=1S/C24H24FN3O4S/c1-18-11-12-22(32-2)23(13-18)33(30,31)28(16-19-7-4-3-5-8-19)17-24(29)27-26-15-20-9-6-10-21(25)14-20/h3-15H,16-17H2,1-2H3,(H,27,29). The lowest BCUT2D eigenvalue weighted by molar-refractivity contribution is -0.121. The summed E-state index contributed by atoms with van der Waals surface area (Å²) in [6.45, 7) is 1.27.